The van der Waals surface area contributed by atoms with E-state index in [-0.39, 0.29) is 27.4 Å². The molecule has 0 spiro atoms. The lowest BCUT2D eigenvalue weighted by molar-refractivity contribution is -0.113. The molecule has 3 aromatic carbocycles. The Labute approximate surface area is 182 Å². The lowest BCUT2D eigenvalue weighted by Gasteiger charge is -2.20. The van der Waals surface area contributed by atoms with Crippen LogP contribution in [0.25, 0.3) is 6.08 Å². The molecule has 3 aromatic rings. The maximum Gasteiger partial charge on any atom is 0.282 e. The SMILES string of the molecule is O=C1/C(=C\c2ccc(O)cc2)N=C(c2ccccc2)N1c1cc(Cl)c(Cl)cc1Cl. The van der Waals surface area contributed by atoms with Gasteiger partial charge in [-0.15, -0.1) is 0 Å². The van der Waals surface area contributed by atoms with Gasteiger partial charge in [-0.2, -0.15) is 0 Å². The Morgan fingerprint density at radius 1 is 0.862 bits per heavy atom. The number of hydrogen-bond donors (Lipinski definition) is 1. The maximum absolute atomic E-state index is 13.3. The van der Waals surface area contributed by atoms with Gasteiger partial charge in [-0.1, -0.05) is 77.3 Å². The second-order valence-electron chi connectivity index (χ2n) is 6.28. The summed E-state index contributed by atoms with van der Waals surface area (Å²) < 4.78 is 0. The number of nitrogens with zero attached hydrogens (tertiary/aromatic N) is 2. The number of rotatable bonds is 3. The maximum atomic E-state index is 13.3. The van der Waals surface area contributed by atoms with E-state index >= 15 is 0 Å². The van der Waals surface area contributed by atoms with Crippen molar-refractivity contribution in [2.75, 3.05) is 4.90 Å². The smallest absolute Gasteiger partial charge is 0.282 e. The lowest BCUT2D eigenvalue weighted by Crippen LogP contribution is -2.32. The third-order valence-electron chi connectivity index (χ3n) is 4.32. The molecule has 1 heterocycles. The van der Waals surface area contributed by atoms with Crippen LogP contribution in [-0.2, 0) is 4.79 Å². The number of benzene rings is 3. The van der Waals surface area contributed by atoms with Crippen LogP contribution < -0.4 is 4.90 Å². The molecule has 1 aliphatic rings. The van der Waals surface area contributed by atoms with Gasteiger partial charge >= 0.3 is 0 Å². The molecule has 1 amide bonds. The molecule has 0 unspecified atom stereocenters. The Bertz CT molecular complexity index is 1160. The topological polar surface area (TPSA) is 52.9 Å². The molecule has 0 aliphatic carbocycles. The molecule has 0 saturated heterocycles. The van der Waals surface area contributed by atoms with E-state index in [0.29, 0.717) is 16.5 Å². The van der Waals surface area contributed by atoms with Crippen LogP contribution in [0.5, 0.6) is 5.75 Å². The highest BCUT2D eigenvalue weighted by Gasteiger charge is 2.34. The Kier molecular flexibility index (Phi) is 5.33. The van der Waals surface area contributed by atoms with Crippen molar-refractivity contribution in [3.8, 4) is 5.75 Å². The molecule has 0 bridgehead atoms. The number of aromatic hydroxyl groups is 1. The summed E-state index contributed by atoms with van der Waals surface area (Å²) in [5.41, 5.74) is 2.10. The molecule has 1 aliphatic heterocycles. The Balaban J connectivity index is 1.86. The lowest BCUT2D eigenvalue weighted by atomic mass is 10.1. The number of carbonyl (C=O) groups excluding carboxylic acids is 1. The van der Waals surface area contributed by atoms with E-state index in [1.165, 1.54) is 11.0 Å². The Morgan fingerprint density at radius 2 is 1.52 bits per heavy atom. The van der Waals surface area contributed by atoms with Gasteiger partial charge in [-0.3, -0.25) is 9.69 Å². The van der Waals surface area contributed by atoms with Gasteiger partial charge < -0.3 is 5.11 Å². The van der Waals surface area contributed by atoms with E-state index < -0.39 is 0 Å². The number of hydrogen-bond acceptors (Lipinski definition) is 3. The van der Waals surface area contributed by atoms with E-state index in [1.54, 1.807) is 36.4 Å². The number of amides is 1. The largest absolute Gasteiger partial charge is 0.508 e. The standard InChI is InChI=1S/C22H13Cl3N2O2/c23-16-11-18(25)20(12-17(16)24)27-21(14-4-2-1-3-5-14)26-19(22(27)29)10-13-6-8-15(28)9-7-13/h1-12,28H/b19-10+. The number of phenolic OH excluding ortho intramolecular Hbond substituents is 1. The third kappa shape index (κ3) is 3.87. The van der Waals surface area contributed by atoms with Crippen LogP contribution in [0.4, 0.5) is 5.69 Å². The molecule has 0 fully saturated rings. The normalized spacial score (nSPS) is 15.1. The molecular weight excluding hydrogens is 431 g/mol. The van der Waals surface area contributed by atoms with Crippen molar-refractivity contribution in [1.29, 1.82) is 0 Å². The van der Waals surface area contributed by atoms with Crippen molar-refractivity contribution in [3.05, 3.63) is 98.6 Å². The molecule has 0 saturated carbocycles. The van der Waals surface area contributed by atoms with Gasteiger partial charge in [-0.05, 0) is 35.9 Å². The summed E-state index contributed by atoms with van der Waals surface area (Å²) in [5.74, 6) is 0.223. The van der Waals surface area contributed by atoms with Gasteiger partial charge in [0.2, 0.25) is 0 Å². The monoisotopic (exact) mass is 442 g/mol. The number of amidine groups is 1. The third-order valence-corrected chi connectivity index (χ3v) is 5.34. The van der Waals surface area contributed by atoms with Crippen LogP contribution in [0.2, 0.25) is 15.1 Å². The van der Waals surface area contributed by atoms with Gasteiger partial charge in [0.15, 0.2) is 0 Å². The molecule has 144 valence electrons. The Morgan fingerprint density at radius 3 is 2.21 bits per heavy atom. The second kappa shape index (κ2) is 7.91. The number of aliphatic imine (C=N–C) groups is 1. The van der Waals surface area contributed by atoms with Crippen molar-refractivity contribution < 1.29 is 9.90 Å². The van der Waals surface area contributed by atoms with Crippen LogP contribution >= 0.6 is 34.8 Å². The fraction of sp³-hybridized carbons (Fsp3) is 0. The highest BCUT2D eigenvalue weighted by molar-refractivity contribution is 6.45. The fourth-order valence-corrected chi connectivity index (χ4v) is 3.56. The summed E-state index contributed by atoms with van der Waals surface area (Å²) in [7, 11) is 0. The minimum Gasteiger partial charge on any atom is -0.508 e. The van der Waals surface area contributed by atoms with Crippen LogP contribution in [0.15, 0.2) is 77.4 Å². The molecule has 4 nitrogen and oxygen atoms in total. The highest BCUT2D eigenvalue weighted by atomic mass is 35.5. The van der Waals surface area contributed by atoms with Crippen molar-refractivity contribution in [2.45, 2.75) is 0 Å². The first kappa shape index (κ1) is 19.5. The first-order chi connectivity index (χ1) is 13.9. The van der Waals surface area contributed by atoms with Crippen molar-refractivity contribution in [3.63, 3.8) is 0 Å². The first-order valence-corrected chi connectivity index (χ1v) is 9.71. The molecule has 0 aromatic heterocycles. The van der Waals surface area contributed by atoms with Crippen molar-refractivity contribution in [2.24, 2.45) is 4.99 Å². The summed E-state index contributed by atoms with van der Waals surface area (Å²) in [5, 5.41) is 10.3. The number of anilines is 1. The van der Waals surface area contributed by atoms with E-state index in [4.69, 9.17) is 34.8 Å². The quantitative estimate of drug-likeness (QED) is 0.388. The number of halogens is 3. The van der Waals surface area contributed by atoms with Crippen LogP contribution in [0.1, 0.15) is 11.1 Å². The number of carbonyl (C=O) groups is 1. The molecule has 0 atom stereocenters. The molecular formula is C22H13Cl3N2O2. The summed E-state index contributed by atoms with van der Waals surface area (Å²) in [6.45, 7) is 0. The average molecular weight is 444 g/mol. The van der Waals surface area contributed by atoms with Crippen LogP contribution in [-0.4, -0.2) is 16.8 Å². The Hall–Kier alpha value is -2.79. The molecule has 0 radical (unpaired) electrons. The fourth-order valence-electron chi connectivity index (χ4n) is 2.93. The summed E-state index contributed by atoms with van der Waals surface area (Å²) in [6.07, 6.45) is 1.65. The zero-order chi connectivity index (χ0) is 20.5. The summed E-state index contributed by atoms with van der Waals surface area (Å²) >= 11 is 18.6. The highest BCUT2D eigenvalue weighted by Crippen LogP contribution is 2.38. The number of phenols is 1. The predicted molar refractivity (Wildman–Crippen MR) is 118 cm³/mol. The van der Waals surface area contributed by atoms with E-state index in [0.717, 1.165) is 11.1 Å². The molecule has 29 heavy (non-hydrogen) atoms. The van der Waals surface area contributed by atoms with Crippen LogP contribution in [0, 0.1) is 0 Å². The van der Waals surface area contributed by atoms with E-state index in [2.05, 4.69) is 4.99 Å². The van der Waals surface area contributed by atoms with Crippen molar-refractivity contribution >= 4 is 58.3 Å². The summed E-state index contributed by atoms with van der Waals surface area (Å²) in [4.78, 5) is 19.3. The molecule has 4 rings (SSSR count). The first-order valence-electron chi connectivity index (χ1n) is 8.58. The molecule has 7 heteroatoms. The van der Waals surface area contributed by atoms with Gasteiger partial charge in [0.1, 0.15) is 17.3 Å². The predicted octanol–water partition coefficient (Wildman–Crippen LogP) is 6.19. The van der Waals surface area contributed by atoms with Crippen molar-refractivity contribution in [1.82, 2.24) is 0 Å². The average Bonchev–Trinajstić information content (AvgIpc) is 3.03. The van der Waals surface area contributed by atoms with E-state index in [9.17, 15) is 9.90 Å². The second-order valence-corrected chi connectivity index (χ2v) is 7.50. The molecule has 1 N–H and O–H groups in total. The minimum atomic E-state index is -0.350. The zero-order valence-corrected chi connectivity index (χ0v) is 17.1. The summed E-state index contributed by atoms with van der Waals surface area (Å²) in [6, 6.07) is 18.8. The van der Waals surface area contributed by atoms with Crippen LogP contribution in [0.3, 0.4) is 0 Å². The van der Waals surface area contributed by atoms with Gasteiger partial charge in [0, 0.05) is 5.56 Å². The van der Waals surface area contributed by atoms with E-state index in [1.807, 2.05) is 30.3 Å². The van der Waals surface area contributed by atoms with Gasteiger partial charge in [0.25, 0.3) is 5.91 Å². The van der Waals surface area contributed by atoms with Gasteiger partial charge in [0.05, 0.1) is 20.8 Å². The zero-order valence-electron chi connectivity index (χ0n) is 14.8. The minimum absolute atomic E-state index is 0.141. The van der Waals surface area contributed by atoms with Gasteiger partial charge in [-0.25, -0.2) is 4.99 Å².